The molecule has 144 valence electrons. The Bertz CT molecular complexity index is 1090. The molecule has 1 amide bonds. The second-order valence-electron chi connectivity index (χ2n) is 6.47. The highest BCUT2D eigenvalue weighted by molar-refractivity contribution is 5.93. The van der Waals surface area contributed by atoms with Gasteiger partial charge in [-0.2, -0.15) is 15.3 Å². The van der Waals surface area contributed by atoms with E-state index in [1.54, 1.807) is 23.0 Å². The van der Waals surface area contributed by atoms with Gasteiger partial charge in [0.25, 0.3) is 5.91 Å². The molecule has 0 aliphatic carbocycles. The minimum absolute atomic E-state index is 0.210. The van der Waals surface area contributed by atoms with Gasteiger partial charge in [-0.3, -0.25) is 14.2 Å². The lowest BCUT2D eigenvalue weighted by Crippen LogP contribution is -2.25. The fourth-order valence-electron chi connectivity index (χ4n) is 3.19. The Hall–Kier alpha value is -3.49. The maximum atomic E-state index is 12.5. The average molecular weight is 378 g/mol. The number of carbonyl (C=O) groups excluding carboxylic acids is 1. The van der Waals surface area contributed by atoms with Crippen LogP contribution in [0, 0.1) is 6.92 Å². The molecule has 0 saturated carbocycles. The van der Waals surface area contributed by atoms with Crippen molar-refractivity contribution >= 4 is 11.6 Å². The van der Waals surface area contributed by atoms with E-state index in [9.17, 15) is 4.79 Å². The number of amides is 1. The van der Waals surface area contributed by atoms with Crippen molar-refractivity contribution in [3.63, 3.8) is 0 Å². The summed E-state index contributed by atoms with van der Waals surface area (Å²) in [5, 5.41) is 15.9. The van der Waals surface area contributed by atoms with Crippen molar-refractivity contribution in [3.8, 4) is 11.3 Å². The van der Waals surface area contributed by atoms with Crippen LogP contribution in [0.4, 0.5) is 0 Å². The number of carbonyl (C=O) groups is 1. The Morgan fingerprint density at radius 3 is 2.89 bits per heavy atom. The molecule has 9 heteroatoms. The van der Waals surface area contributed by atoms with E-state index in [-0.39, 0.29) is 5.91 Å². The van der Waals surface area contributed by atoms with Gasteiger partial charge in [0, 0.05) is 55.5 Å². The highest BCUT2D eigenvalue weighted by Crippen LogP contribution is 2.23. The van der Waals surface area contributed by atoms with Crippen LogP contribution in [0.5, 0.6) is 0 Å². The fraction of sp³-hybridized carbons (Fsp3) is 0.316. The lowest BCUT2D eigenvalue weighted by molar-refractivity contribution is 0.0947. The van der Waals surface area contributed by atoms with Crippen molar-refractivity contribution in [2.75, 3.05) is 6.54 Å². The SMILES string of the molecule is CCn1ncc(-c2ccnc3cc(C(=O)NCCCn4cccn4)nn23)c1C. The second-order valence-corrected chi connectivity index (χ2v) is 6.47. The van der Waals surface area contributed by atoms with Crippen LogP contribution >= 0.6 is 0 Å². The predicted octanol–water partition coefficient (Wildman–Crippen LogP) is 1.94. The zero-order valence-corrected chi connectivity index (χ0v) is 15.9. The molecule has 0 fully saturated rings. The third-order valence-electron chi connectivity index (χ3n) is 4.68. The van der Waals surface area contributed by atoms with Crippen LogP contribution in [0.25, 0.3) is 16.9 Å². The predicted molar refractivity (Wildman–Crippen MR) is 104 cm³/mol. The van der Waals surface area contributed by atoms with Crippen molar-refractivity contribution in [3.05, 3.63) is 54.4 Å². The van der Waals surface area contributed by atoms with Gasteiger partial charge in [-0.15, -0.1) is 0 Å². The molecule has 0 aliphatic heterocycles. The topological polar surface area (TPSA) is 94.9 Å². The molecule has 4 aromatic rings. The highest BCUT2D eigenvalue weighted by atomic mass is 16.1. The van der Waals surface area contributed by atoms with E-state index in [1.807, 2.05) is 40.8 Å². The van der Waals surface area contributed by atoms with E-state index < -0.39 is 0 Å². The lowest BCUT2D eigenvalue weighted by Gasteiger charge is -2.05. The summed E-state index contributed by atoms with van der Waals surface area (Å²) in [5.41, 5.74) is 3.86. The number of rotatable bonds is 7. The van der Waals surface area contributed by atoms with Crippen LogP contribution in [0.2, 0.25) is 0 Å². The first-order valence-electron chi connectivity index (χ1n) is 9.30. The first-order chi connectivity index (χ1) is 13.7. The molecule has 0 saturated heterocycles. The Kier molecular flexibility index (Phi) is 4.88. The molecule has 4 rings (SSSR count). The van der Waals surface area contributed by atoms with Crippen molar-refractivity contribution in [1.82, 2.24) is 39.5 Å². The van der Waals surface area contributed by atoms with Gasteiger partial charge >= 0.3 is 0 Å². The average Bonchev–Trinajstić information content (AvgIpc) is 3.44. The van der Waals surface area contributed by atoms with Gasteiger partial charge in [0.05, 0.1) is 11.9 Å². The molecule has 0 bridgehead atoms. The van der Waals surface area contributed by atoms with Crippen LogP contribution in [-0.2, 0) is 13.1 Å². The van der Waals surface area contributed by atoms with Crippen molar-refractivity contribution < 1.29 is 4.79 Å². The number of fused-ring (bicyclic) bond motifs is 1. The van der Waals surface area contributed by atoms with Crippen LogP contribution < -0.4 is 5.32 Å². The van der Waals surface area contributed by atoms with Crippen LogP contribution in [0.1, 0.15) is 29.5 Å². The van der Waals surface area contributed by atoms with Crippen molar-refractivity contribution in [1.29, 1.82) is 0 Å². The summed E-state index contributed by atoms with van der Waals surface area (Å²) in [4.78, 5) is 16.8. The van der Waals surface area contributed by atoms with E-state index in [0.717, 1.165) is 36.5 Å². The molecule has 4 aromatic heterocycles. The van der Waals surface area contributed by atoms with Gasteiger partial charge in [-0.25, -0.2) is 9.50 Å². The molecule has 0 aliphatic rings. The van der Waals surface area contributed by atoms with E-state index in [2.05, 4.69) is 32.5 Å². The summed E-state index contributed by atoms with van der Waals surface area (Å²) in [5.74, 6) is -0.210. The molecule has 0 unspecified atom stereocenters. The number of hydrogen-bond acceptors (Lipinski definition) is 5. The fourth-order valence-corrected chi connectivity index (χ4v) is 3.19. The molecule has 0 spiro atoms. The monoisotopic (exact) mass is 378 g/mol. The molecular weight excluding hydrogens is 356 g/mol. The largest absolute Gasteiger partial charge is 0.351 e. The minimum Gasteiger partial charge on any atom is -0.351 e. The number of aromatic nitrogens is 7. The van der Waals surface area contributed by atoms with E-state index in [1.165, 1.54) is 0 Å². The van der Waals surface area contributed by atoms with Gasteiger partial charge in [-0.05, 0) is 32.4 Å². The Morgan fingerprint density at radius 1 is 1.25 bits per heavy atom. The maximum absolute atomic E-state index is 12.5. The standard InChI is InChI=1S/C19H22N8O/c1-3-26-14(2)15(13-23-26)17-6-9-20-18-12-16(24-27(17)18)19(28)21-7-4-10-25-11-5-8-22-25/h5-6,8-9,11-13H,3-4,7,10H2,1-2H3,(H,21,28). The zero-order valence-electron chi connectivity index (χ0n) is 15.9. The Balaban J connectivity index is 1.51. The van der Waals surface area contributed by atoms with Gasteiger partial charge in [-0.1, -0.05) is 0 Å². The molecule has 28 heavy (non-hydrogen) atoms. The van der Waals surface area contributed by atoms with Crippen LogP contribution in [0.3, 0.4) is 0 Å². The molecule has 0 aromatic carbocycles. The second kappa shape index (κ2) is 7.63. The summed E-state index contributed by atoms with van der Waals surface area (Å²) in [7, 11) is 0. The summed E-state index contributed by atoms with van der Waals surface area (Å²) in [6.07, 6.45) is 7.98. The summed E-state index contributed by atoms with van der Waals surface area (Å²) < 4.78 is 5.47. The third kappa shape index (κ3) is 3.38. The van der Waals surface area contributed by atoms with Crippen molar-refractivity contribution in [2.24, 2.45) is 0 Å². The van der Waals surface area contributed by atoms with Crippen LogP contribution in [0.15, 0.2) is 43.0 Å². The summed E-state index contributed by atoms with van der Waals surface area (Å²) in [6, 6.07) is 5.47. The summed E-state index contributed by atoms with van der Waals surface area (Å²) in [6.45, 7) is 6.18. The van der Waals surface area contributed by atoms with Crippen molar-refractivity contribution in [2.45, 2.75) is 33.4 Å². The smallest absolute Gasteiger partial charge is 0.271 e. The minimum atomic E-state index is -0.210. The van der Waals surface area contributed by atoms with E-state index in [0.29, 0.717) is 17.9 Å². The van der Waals surface area contributed by atoms with E-state index >= 15 is 0 Å². The molecule has 1 N–H and O–H groups in total. The van der Waals surface area contributed by atoms with Gasteiger partial charge in [0.15, 0.2) is 11.3 Å². The van der Waals surface area contributed by atoms with E-state index in [4.69, 9.17) is 0 Å². The molecule has 0 atom stereocenters. The Morgan fingerprint density at radius 2 is 2.14 bits per heavy atom. The third-order valence-corrected chi connectivity index (χ3v) is 4.68. The van der Waals surface area contributed by atoms with Gasteiger partial charge in [0.2, 0.25) is 0 Å². The lowest BCUT2D eigenvalue weighted by atomic mass is 10.2. The van der Waals surface area contributed by atoms with Crippen LogP contribution in [-0.4, -0.2) is 46.6 Å². The number of aryl methyl sites for hydroxylation is 2. The molecule has 0 radical (unpaired) electrons. The maximum Gasteiger partial charge on any atom is 0.271 e. The number of nitrogens with one attached hydrogen (secondary N) is 1. The van der Waals surface area contributed by atoms with Gasteiger partial charge in [0.1, 0.15) is 0 Å². The summed E-state index contributed by atoms with van der Waals surface area (Å²) >= 11 is 0. The Labute approximate surface area is 162 Å². The zero-order chi connectivity index (χ0) is 19.5. The van der Waals surface area contributed by atoms with Gasteiger partial charge < -0.3 is 5.32 Å². The number of nitrogens with zero attached hydrogens (tertiary/aromatic N) is 7. The number of hydrogen-bond donors (Lipinski definition) is 1. The molecule has 4 heterocycles. The quantitative estimate of drug-likeness (QED) is 0.496. The normalized spacial score (nSPS) is 11.2. The first kappa shape index (κ1) is 17.9. The first-order valence-corrected chi connectivity index (χ1v) is 9.30. The highest BCUT2D eigenvalue weighted by Gasteiger charge is 2.16. The molecular formula is C19H22N8O. The molecule has 9 nitrogen and oxygen atoms in total.